The van der Waals surface area contributed by atoms with E-state index in [0.29, 0.717) is 0 Å². The zero-order chi connectivity index (χ0) is 20.5. The van der Waals surface area contributed by atoms with Gasteiger partial charge in [-0.25, -0.2) is 9.55 Å². The van der Waals surface area contributed by atoms with E-state index in [1.807, 2.05) is 49.4 Å². The van der Waals surface area contributed by atoms with Crippen molar-refractivity contribution in [1.82, 2.24) is 9.55 Å². The zero-order valence-corrected chi connectivity index (χ0v) is 15.9. The van der Waals surface area contributed by atoms with Crippen molar-refractivity contribution >= 4 is 33.6 Å². The lowest BCUT2D eigenvalue weighted by Gasteiger charge is -2.17. The van der Waals surface area contributed by atoms with Gasteiger partial charge in [-0.1, -0.05) is 24.3 Å². The molecule has 0 aliphatic rings. The van der Waals surface area contributed by atoms with Crippen LogP contribution in [-0.4, -0.2) is 27.7 Å². The quantitative estimate of drug-likeness (QED) is 0.517. The Morgan fingerprint density at radius 3 is 2.76 bits per heavy atom. The van der Waals surface area contributed by atoms with Gasteiger partial charge in [0.1, 0.15) is 23.4 Å². The lowest BCUT2D eigenvalue weighted by molar-refractivity contribution is -0.137. The normalized spacial score (nSPS) is 12.2. The fraction of sp³-hybridized carbons (Fsp3) is 0.190. The fourth-order valence-corrected chi connectivity index (χ4v) is 3.34. The largest absolute Gasteiger partial charge is 0.480 e. The summed E-state index contributed by atoms with van der Waals surface area (Å²) < 4.78 is 11.8. The van der Waals surface area contributed by atoms with Gasteiger partial charge in [-0.15, -0.1) is 0 Å². The molecule has 2 aromatic heterocycles. The average molecular weight is 393 g/mol. The molecule has 0 saturated heterocycles. The summed E-state index contributed by atoms with van der Waals surface area (Å²) >= 11 is 0. The molecule has 29 heavy (non-hydrogen) atoms. The summed E-state index contributed by atoms with van der Waals surface area (Å²) in [5.41, 5.74) is 2.23. The van der Waals surface area contributed by atoms with E-state index in [9.17, 15) is 9.59 Å². The number of anilines is 1. The third kappa shape index (κ3) is 3.40. The first-order chi connectivity index (χ1) is 14.0. The number of rotatable bonds is 6. The van der Waals surface area contributed by atoms with Crippen LogP contribution in [0.4, 0.5) is 5.69 Å². The van der Waals surface area contributed by atoms with Crippen molar-refractivity contribution in [3.8, 4) is 6.01 Å². The van der Waals surface area contributed by atoms with Crippen molar-refractivity contribution in [2.75, 3.05) is 12.4 Å². The second kappa shape index (κ2) is 7.31. The maximum atomic E-state index is 12.7. The second-order valence-corrected chi connectivity index (χ2v) is 6.66. The number of hydrogen-bond acceptors (Lipinski definition) is 6. The number of aromatic nitrogens is 2. The average Bonchev–Trinajstić information content (AvgIpc) is 3.08. The summed E-state index contributed by atoms with van der Waals surface area (Å²) in [6.07, 6.45) is 1.35. The van der Waals surface area contributed by atoms with Crippen molar-refractivity contribution in [3.63, 3.8) is 0 Å². The van der Waals surface area contributed by atoms with Crippen LogP contribution in [0.1, 0.15) is 18.5 Å². The number of methoxy groups -OCH3 is 1. The van der Waals surface area contributed by atoms with Gasteiger partial charge in [-0.2, -0.15) is 0 Å². The Bertz CT molecular complexity index is 1270. The van der Waals surface area contributed by atoms with E-state index in [2.05, 4.69) is 10.3 Å². The number of para-hydroxylation sites is 1. The molecular weight excluding hydrogens is 374 g/mol. The van der Waals surface area contributed by atoms with Crippen LogP contribution in [-0.2, 0) is 11.3 Å². The number of ether oxygens (including phenoxy) is 1. The van der Waals surface area contributed by atoms with Gasteiger partial charge in [-0.05, 0) is 30.7 Å². The molecule has 2 aromatic carbocycles. The SMILES string of the molecule is COc1ncc(N[C@H](C)c2ccc3oc4ccccc4c3c2)c(=O)n1CC(=O)O. The Morgan fingerprint density at radius 2 is 2.00 bits per heavy atom. The zero-order valence-electron chi connectivity index (χ0n) is 15.9. The molecule has 0 bridgehead atoms. The molecule has 2 heterocycles. The third-order valence-electron chi connectivity index (χ3n) is 4.76. The standard InChI is InChI=1S/C21H19N3O5/c1-12(23-16-10-22-21(28-2)24(20(16)27)11-19(25)26)13-7-8-18-15(9-13)14-5-3-4-6-17(14)29-18/h3-10,12,23H,11H2,1-2H3,(H,25,26)/t12-/m1/s1. The van der Waals surface area contributed by atoms with Gasteiger partial charge in [0.2, 0.25) is 0 Å². The molecule has 0 spiro atoms. The molecule has 4 rings (SSSR count). The summed E-state index contributed by atoms with van der Waals surface area (Å²) in [7, 11) is 1.33. The van der Waals surface area contributed by atoms with Crippen LogP contribution in [0.25, 0.3) is 21.9 Å². The number of nitrogens with one attached hydrogen (secondary N) is 1. The smallest absolute Gasteiger partial charge is 0.323 e. The molecule has 148 valence electrons. The number of benzene rings is 2. The molecule has 0 aliphatic carbocycles. The Morgan fingerprint density at radius 1 is 1.24 bits per heavy atom. The van der Waals surface area contributed by atoms with Gasteiger partial charge in [-0.3, -0.25) is 9.59 Å². The van der Waals surface area contributed by atoms with Crippen LogP contribution in [0.5, 0.6) is 6.01 Å². The molecule has 0 saturated carbocycles. The van der Waals surface area contributed by atoms with E-state index in [0.717, 1.165) is 32.1 Å². The molecule has 0 unspecified atom stereocenters. The fourth-order valence-electron chi connectivity index (χ4n) is 3.34. The van der Waals surface area contributed by atoms with Gasteiger partial charge < -0.3 is 19.6 Å². The number of fused-ring (bicyclic) bond motifs is 3. The maximum absolute atomic E-state index is 12.7. The monoisotopic (exact) mass is 393 g/mol. The number of furan rings is 1. The summed E-state index contributed by atoms with van der Waals surface area (Å²) in [5, 5.41) is 14.2. The molecule has 2 N–H and O–H groups in total. The van der Waals surface area contributed by atoms with Gasteiger partial charge in [0.25, 0.3) is 11.6 Å². The number of carbonyl (C=O) groups is 1. The van der Waals surface area contributed by atoms with Gasteiger partial charge in [0, 0.05) is 16.8 Å². The Kier molecular flexibility index (Phi) is 4.67. The molecule has 8 nitrogen and oxygen atoms in total. The highest BCUT2D eigenvalue weighted by molar-refractivity contribution is 6.05. The Balaban J connectivity index is 1.69. The first kappa shape index (κ1) is 18.5. The maximum Gasteiger partial charge on any atom is 0.323 e. The van der Waals surface area contributed by atoms with Crippen LogP contribution >= 0.6 is 0 Å². The van der Waals surface area contributed by atoms with E-state index in [1.54, 1.807) is 0 Å². The van der Waals surface area contributed by atoms with Crippen LogP contribution < -0.4 is 15.6 Å². The van der Waals surface area contributed by atoms with Crippen LogP contribution in [0.2, 0.25) is 0 Å². The minimum atomic E-state index is -1.16. The summed E-state index contributed by atoms with van der Waals surface area (Å²) in [6.45, 7) is 1.38. The van der Waals surface area contributed by atoms with Crippen molar-refractivity contribution in [3.05, 3.63) is 64.6 Å². The van der Waals surface area contributed by atoms with E-state index < -0.39 is 18.1 Å². The van der Waals surface area contributed by atoms with Gasteiger partial charge in [0.05, 0.1) is 13.3 Å². The van der Waals surface area contributed by atoms with Gasteiger partial charge >= 0.3 is 5.97 Å². The van der Waals surface area contributed by atoms with Crippen molar-refractivity contribution in [1.29, 1.82) is 0 Å². The molecule has 0 aliphatic heterocycles. The van der Waals surface area contributed by atoms with Crippen molar-refractivity contribution in [2.45, 2.75) is 19.5 Å². The highest BCUT2D eigenvalue weighted by Gasteiger charge is 2.16. The topological polar surface area (TPSA) is 107 Å². The third-order valence-corrected chi connectivity index (χ3v) is 4.76. The first-order valence-electron chi connectivity index (χ1n) is 9.01. The van der Waals surface area contributed by atoms with E-state index in [-0.39, 0.29) is 17.7 Å². The molecule has 0 amide bonds. The number of aliphatic carboxylic acids is 1. The van der Waals surface area contributed by atoms with E-state index >= 15 is 0 Å². The summed E-state index contributed by atoms with van der Waals surface area (Å²) in [4.78, 5) is 27.8. The lowest BCUT2D eigenvalue weighted by Crippen LogP contribution is -2.29. The van der Waals surface area contributed by atoms with Crippen molar-refractivity contribution in [2.24, 2.45) is 0 Å². The van der Waals surface area contributed by atoms with Gasteiger partial charge in [0.15, 0.2) is 0 Å². The molecule has 4 aromatic rings. The van der Waals surface area contributed by atoms with Crippen molar-refractivity contribution < 1.29 is 19.1 Å². The Labute approximate surface area is 165 Å². The van der Waals surface area contributed by atoms with E-state index in [1.165, 1.54) is 13.3 Å². The number of carboxylic acids is 1. The highest BCUT2D eigenvalue weighted by atomic mass is 16.5. The first-order valence-corrected chi connectivity index (χ1v) is 9.01. The predicted octanol–water partition coefficient (Wildman–Crippen LogP) is 3.41. The lowest BCUT2D eigenvalue weighted by atomic mass is 10.0. The molecule has 0 fully saturated rings. The van der Waals surface area contributed by atoms with E-state index in [4.69, 9.17) is 14.3 Å². The molecule has 8 heteroatoms. The number of carboxylic acid groups (broad SMARTS) is 1. The summed E-state index contributed by atoms with van der Waals surface area (Å²) in [6, 6.07) is 13.4. The molecule has 0 radical (unpaired) electrons. The molecular formula is C21H19N3O5. The van der Waals surface area contributed by atoms with Crippen LogP contribution in [0.3, 0.4) is 0 Å². The summed E-state index contributed by atoms with van der Waals surface area (Å²) in [5.74, 6) is -1.16. The number of nitrogens with zero attached hydrogens (tertiary/aromatic N) is 2. The second-order valence-electron chi connectivity index (χ2n) is 6.66. The molecule has 1 atom stereocenters. The minimum absolute atomic E-state index is 0.0538. The predicted molar refractivity (Wildman–Crippen MR) is 108 cm³/mol. The van der Waals surface area contributed by atoms with Crippen LogP contribution in [0, 0.1) is 0 Å². The highest BCUT2D eigenvalue weighted by Crippen LogP contribution is 2.31. The Hall–Kier alpha value is -3.81. The van der Waals surface area contributed by atoms with Crippen LogP contribution in [0.15, 0.2) is 57.9 Å². The number of hydrogen-bond donors (Lipinski definition) is 2. The minimum Gasteiger partial charge on any atom is -0.480 e.